The van der Waals surface area contributed by atoms with E-state index < -0.39 is 0 Å². The Morgan fingerprint density at radius 2 is 2.10 bits per heavy atom. The van der Waals surface area contributed by atoms with Crippen molar-refractivity contribution in [2.75, 3.05) is 7.11 Å². The lowest BCUT2D eigenvalue weighted by Gasteiger charge is -2.12. The minimum absolute atomic E-state index is 0.297. The molecule has 0 aliphatic rings. The summed E-state index contributed by atoms with van der Waals surface area (Å²) in [6.07, 6.45) is 0. The van der Waals surface area contributed by atoms with E-state index >= 15 is 0 Å². The lowest BCUT2D eigenvalue weighted by atomic mass is 10.4. The number of rotatable bonds is 3. The standard InChI is InChI=1S/C5H11NO2S2/c1-3(4(7)8-2)6-5(9)10/h3,5-6,9-10H,1-2H3. The normalized spacial score (nSPS) is 13.3. The van der Waals surface area contributed by atoms with Crippen LogP contribution in [0.5, 0.6) is 0 Å². The Bertz CT molecular complexity index is 118. The highest BCUT2D eigenvalue weighted by atomic mass is 32.2. The third kappa shape index (κ3) is 4.03. The number of hydrogen-bond donors (Lipinski definition) is 3. The van der Waals surface area contributed by atoms with E-state index in [9.17, 15) is 4.79 Å². The Labute approximate surface area is 71.3 Å². The Morgan fingerprint density at radius 3 is 2.40 bits per heavy atom. The topological polar surface area (TPSA) is 38.3 Å². The van der Waals surface area contributed by atoms with Crippen LogP contribution in [0.3, 0.4) is 0 Å². The van der Waals surface area contributed by atoms with E-state index in [1.165, 1.54) is 7.11 Å². The maximum atomic E-state index is 10.7. The van der Waals surface area contributed by atoms with Crippen molar-refractivity contribution in [2.45, 2.75) is 17.7 Å². The van der Waals surface area contributed by atoms with Crippen molar-refractivity contribution in [3.63, 3.8) is 0 Å². The summed E-state index contributed by atoms with van der Waals surface area (Å²) < 4.78 is 4.15. The predicted molar refractivity (Wildman–Crippen MR) is 46.4 cm³/mol. The molecule has 0 saturated carbocycles. The van der Waals surface area contributed by atoms with Crippen LogP contribution in [-0.2, 0) is 9.53 Å². The average Bonchev–Trinajstić information content (AvgIpc) is 1.85. The van der Waals surface area contributed by atoms with E-state index in [0.29, 0.717) is 0 Å². The van der Waals surface area contributed by atoms with Gasteiger partial charge in [0, 0.05) is 0 Å². The molecule has 5 heteroatoms. The smallest absolute Gasteiger partial charge is 0.322 e. The van der Waals surface area contributed by atoms with Gasteiger partial charge < -0.3 is 4.74 Å². The molecule has 0 aliphatic heterocycles. The van der Waals surface area contributed by atoms with Gasteiger partial charge in [-0.25, -0.2) is 0 Å². The van der Waals surface area contributed by atoms with Crippen molar-refractivity contribution in [3.8, 4) is 0 Å². The zero-order chi connectivity index (χ0) is 8.15. The van der Waals surface area contributed by atoms with Crippen LogP contribution in [0.1, 0.15) is 6.92 Å². The van der Waals surface area contributed by atoms with Crippen LogP contribution < -0.4 is 5.32 Å². The molecular weight excluding hydrogens is 170 g/mol. The quantitative estimate of drug-likeness (QED) is 0.333. The van der Waals surface area contributed by atoms with Gasteiger partial charge in [-0.05, 0) is 6.92 Å². The van der Waals surface area contributed by atoms with Gasteiger partial charge in [0.15, 0.2) is 0 Å². The summed E-state index contributed by atoms with van der Waals surface area (Å²) in [5.41, 5.74) is 0. The van der Waals surface area contributed by atoms with E-state index in [-0.39, 0.29) is 16.7 Å². The van der Waals surface area contributed by atoms with Gasteiger partial charge in [0.2, 0.25) is 0 Å². The molecule has 10 heavy (non-hydrogen) atoms. The van der Waals surface area contributed by atoms with Crippen LogP contribution in [0.2, 0.25) is 0 Å². The lowest BCUT2D eigenvalue weighted by molar-refractivity contribution is -0.142. The summed E-state index contributed by atoms with van der Waals surface area (Å²) in [7, 11) is 1.34. The number of carbonyl (C=O) groups excluding carboxylic acids is 1. The van der Waals surface area contributed by atoms with Crippen LogP contribution in [0, 0.1) is 0 Å². The summed E-state index contributed by atoms with van der Waals surface area (Å²) in [6.45, 7) is 1.69. The molecule has 1 unspecified atom stereocenters. The number of methoxy groups -OCH3 is 1. The zero-order valence-electron chi connectivity index (χ0n) is 5.87. The first-order chi connectivity index (χ1) is 4.57. The predicted octanol–water partition coefficient (Wildman–Crippen LogP) is 0.281. The summed E-state index contributed by atoms with van der Waals surface area (Å²) in [6, 6.07) is -0.356. The maximum absolute atomic E-state index is 10.7. The first kappa shape index (κ1) is 10.1. The van der Waals surface area contributed by atoms with Crippen molar-refractivity contribution in [1.29, 1.82) is 0 Å². The van der Waals surface area contributed by atoms with E-state index in [1.807, 2.05) is 0 Å². The van der Waals surface area contributed by atoms with Crippen molar-refractivity contribution in [1.82, 2.24) is 5.32 Å². The van der Waals surface area contributed by atoms with Crippen LogP contribution >= 0.6 is 25.3 Å². The van der Waals surface area contributed by atoms with Gasteiger partial charge >= 0.3 is 5.97 Å². The first-order valence-corrected chi connectivity index (χ1v) is 3.81. The van der Waals surface area contributed by atoms with Gasteiger partial charge in [-0.2, -0.15) is 0 Å². The molecule has 0 fully saturated rings. The van der Waals surface area contributed by atoms with Gasteiger partial charge in [-0.3, -0.25) is 10.1 Å². The van der Waals surface area contributed by atoms with Gasteiger partial charge in [-0.1, -0.05) is 0 Å². The summed E-state index contributed by atoms with van der Waals surface area (Å²) in [5, 5.41) is 2.75. The monoisotopic (exact) mass is 181 g/mol. The molecule has 0 aromatic rings. The van der Waals surface area contributed by atoms with Crippen LogP contribution in [0.4, 0.5) is 0 Å². The molecule has 0 bridgehead atoms. The molecular formula is C5H11NO2S2. The van der Waals surface area contributed by atoms with Crippen molar-refractivity contribution in [2.24, 2.45) is 0 Å². The van der Waals surface area contributed by atoms with Gasteiger partial charge in [-0.15, -0.1) is 25.3 Å². The number of thiol groups is 2. The van der Waals surface area contributed by atoms with Crippen molar-refractivity contribution in [3.05, 3.63) is 0 Å². The minimum Gasteiger partial charge on any atom is -0.468 e. The molecule has 0 aromatic heterocycles. The lowest BCUT2D eigenvalue weighted by Crippen LogP contribution is -2.37. The van der Waals surface area contributed by atoms with E-state index in [1.54, 1.807) is 6.92 Å². The van der Waals surface area contributed by atoms with Crippen LogP contribution in [0.15, 0.2) is 0 Å². The Kier molecular flexibility index (Phi) is 4.93. The highest BCUT2D eigenvalue weighted by Gasteiger charge is 2.13. The van der Waals surface area contributed by atoms with Gasteiger partial charge in [0.1, 0.15) is 6.04 Å². The third-order valence-corrected chi connectivity index (χ3v) is 1.25. The number of ether oxygens (including phenoxy) is 1. The van der Waals surface area contributed by atoms with Crippen LogP contribution in [-0.4, -0.2) is 23.8 Å². The number of carbonyl (C=O) groups is 1. The molecule has 0 amide bonds. The molecule has 0 aromatic carbocycles. The fourth-order valence-electron chi connectivity index (χ4n) is 0.468. The highest BCUT2D eigenvalue weighted by molar-refractivity contribution is 7.99. The molecule has 3 nitrogen and oxygen atoms in total. The second-order valence-corrected chi connectivity index (χ2v) is 3.23. The molecule has 0 saturated heterocycles. The van der Waals surface area contributed by atoms with Gasteiger partial charge in [0.25, 0.3) is 0 Å². The largest absolute Gasteiger partial charge is 0.468 e. The molecule has 60 valence electrons. The van der Waals surface area contributed by atoms with Crippen molar-refractivity contribution < 1.29 is 9.53 Å². The molecule has 0 aliphatic carbocycles. The molecule has 0 heterocycles. The van der Waals surface area contributed by atoms with E-state index in [0.717, 1.165) is 0 Å². The molecule has 0 rings (SSSR count). The van der Waals surface area contributed by atoms with Crippen molar-refractivity contribution >= 4 is 31.2 Å². The second kappa shape index (κ2) is 4.87. The average molecular weight is 181 g/mol. The molecule has 0 radical (unpaired) electrons. The van der Waals surface area contributed by atoms with E-state index in [2.05, 4.69) is 35.3 Å². The first-order valence-electron chi connectivity index (χ1n) is 2.78. The zero-order valence-corrected chi connectivity index (χ0v) is 7.65. The number of nitrogens with one attached hydrogen (secondary N) is 1. The fourth-order valence-corrected chi connectivity index (χ4v) is 0.916. The Hall–Kier alpha value is 0.130. The Balaban J connectivity index is 3.61. The fraction of sp³-hybridized carbons (Fsp3) is 0.800. The molecule has 1 N–H and O–H groups in total. The van der Waals surface area contributed by atoms with Crippen LogP contribution in [0.25, 0.3) is 0 Å². The molecule has 1 atom stereocenters. The number of hydrogen-bond acceptors (Lipinski definition) is 5. The van der Waals surface area contributed by atoms with E-state index in [4.69, 9.17) is 0 Å². The minimum atomic E-state index is -0.356. The third-order valence-electron chi connectivity index (χ3n) is 0.954. The Morgan fingerprint density at radius 1 is 1.60 bits per heavy atom. The maximum Gasteiger partial charge on any atom is 0.322 e. The number of esters is 1. The summed E-state index contributed by atoms with van der Waals surface area (Å²) in [4.78, 5) is 10.7. The molecule has 0 spiro atoms. The SMILES string of the molecule is COC(=O)C(C)NC(S)S. The highest BCUT2D eigenvalue weighted by Crippen LogP contribution is 1.97. The second-order valence-electron chi connectivity index (χ2n) is 1.79. The van der Waals surface area contributed by atoms with Gasteiger partial charge in [0.05, 0.1) is 11.8 Å². The summed E-state index contributed by atoms with van der Waals surface area (Å²) >= 11 is 7.83. The summed E-state index contributed by atoms with van der Waals surface area (Å²) in [5.74, 6) is -0.312.